The maximum absolute atomic E-state index is 12.5. The molecule has 29 heavy (non-hydrogen) atoms. The largest absolute Gasteiger partial charge is 0.495 e. The van der Waals surface area contributed by atoms with Gasteiger partial charge in [0.1, 0.15) is 15.6 Å². The lowest BCUT2D eigenvalue weighted by Crippen LogP contribution is -2.15. The van der Waals surface area contributed by atoms with Crippen molar-refractivity contribution >= 4 is 62.2 Å². The second kappa shape index (κ2) is 8.18. The molecule has 2 heterocycles. The Kier molecular flexibility index (Phi) is 6.03. The highest BCUT2D eigenvalue weighted by atomic mass is 35.5. The van der Waals surface area contributed by atoms with Crippen LogP contribution in [-0.4, -0.2) is 36.2 Å². The molecule has 0 aliphatic rings. The number of Topliss-reactive ketones (excluding diaryl/α,β-unsaturated/α-hetero) is 2. The van der Waals surface area contributed by atoms with Crippen molar-refractivity contribution in [3.8, 4) is 5.75 Å². The van der Waals surface area contributed by atoms with Crippen LogP contribution in [0.25, 0.3) is 10.1 Å². The number of ether oxygens (including phenoxy) is 2. The third kappa shape index (κ3) is 3.77. The third-order valence-electron chi connectivity index (χ3n) is 4.51. The Morgan fingerprint density at radius 2 is 1.83 bits per heavy atom. The van der Waals surface area contributed by atoms with Gasteiger partial charge >= 0.3 is 5.97 Å². The van der Waals surface area contributed by atoms with Crippen molar-refractivity contribution in [2.75, 3.05) is 13.7 Å². The quantitative estimate of drug-likeness (QED) is 0.398. The summed E-state index contributed by atoms with van der Waals surface area (Å²) in [5.74, 6) is -0.849. The summed E-state index contributed by atoms with van der Waals surface area (Å²) in [6.45, 7) is 4.33. The first-order valence-electron chi connectivity index (χ1n) is 8.52. The SMILES string of the molecule is COc1ccc2c(Cl)c(C(=O)OCC(=O)c3[nH]c(C)c(C(C)=O)c3C)sc2c1Cl. The molecule has 3 aromatic rings. The minimum Gasteiger partial charge on any atom is -0.495 e. The van der Waals surface area contributed by atoms with E-state index in [1.807, 2.05) is 0 Å². The summed E-state index contributed by atoms with van der Waals surface area (Å²) in [6.07, 6.45) is 0. The maximum Gasteiger partial charge on any atom is 0.350 e. The van der Waals surface area contributed by atoms with Gasteiger partial charge in [0.2, 0.25) is 5.78 Å². The van der Waals surface area contributed by atoms with Crippen molar-refractivity contribution in [3.63, 3.8) is 0 Å². The van der Waals surface area contributed by atoms with Gasteiger partial charge in [-0.1, -0.05) is 23.2 Å². The van der Waals surface area contributed by atoms with Crippen molar-refractivity contribution in [2.45, 2.75) is 20.8 Å². The number of nitrogens with one attached hydrogen (secondary N) is 1. The molecule has 0 spiro atoms. The molecule has 0 aliphatic heterocycles. The van der Waals surface area contributed by atoms with E-state index < -0.39 is 18.4 Å². The van der Waals surface area contributed by atoms with Crippen molar-refractivity contribution in [1.82, 2.24) is 4.98 Å². The van der Waals surface area contributed by atoms with Crippen LogP contribution >= 0.6 is 34.5 Å². The van der Waals surface area contributed by atoms with E-state index in [4.69, 9.17) is 32.7 Å². The second-order valence-corrected chi connectivity index (χ2v) is 8.16. The minimum atomic E-state index is -0.729. The molecule has 152 valence electrons. The van der Waals surface area contributed by atoms with E-state index in [0.29, 0.717) is 37.7 Å². The molecule has 0 bridgehead atoms. The van der Waals surface area contributed by atoms with Crippen molar-refractivity contribution in [2.24, 2.45) is 0 Å². The fraction of sp³-hybridized carbons (Fsp3) is 0.250. The third-order valence-corrected chi connectivity index (χ3v) is 6.70. The molecule has 3 rings (SSSR count). The zero-order chi connectivity index (χ0) is 21.5. The van der Waals surface area contributed by atoms with Crippen LogP contribution in [-0.2, 0) is 4.74 Å². The molecule has 0 unspecified atom stereocenters. The average Bonchev–Trinajstić information content (AvgIpc) is 3.17. The molecule has 0 amide bonds. The van der Waals surface area contributed by atoms with Crippen LogP contribution < -0.4 is 4.74 Å². The van der Waals surface area contributed by atoms with Crippen LogP contribution in [0.4, 0.5) is 0 Å². The highest BCUT2D eigenvalue weighted by Crippen LogP contribution is 2.43. The van der Waals surface area contributed by atoms with Crippen LogP contribution in [0.5, 0.6) is 5.75 Å². The summed E-state index contributed by atoms with van der Waals surface area (Å²) >= 11 is 13.7. The molecule has 0 saturated carbocycles. The first-order valence-corrected chi connectivity index (χ1v) is 10.1. The van der Waals surface area contributed by atoms with E-state index in [9.17, 15) is 14.4 Å². The predicted molar refractivity (Wildman–Crippen MR) is 113 cm³/mol. The molecule has 1 N–H and O–H groups in total. The number of rotatable bonds is 6. The number of esters is 1. The average molecular weight is 454 g/mol. The maximum atomic E-state index is 12.5. The number of hydrogen-bond acceptors (Lipinski definition) is 6. The van der Waals surface area contributed by atoms with Gasteiger partial charge in [-0.25, -0.2) is 4.79 Å². The zero-order valence-corrected chi connectivity index (χ0v) is 18.4. The Morgan fingerprint density at radius 1 is 1.14 bits per heavy atom. The fourth-order valence-electron chi connectivity index (χ4n) is 3.19. The first-order chi connectivity index (χ1) is 13.7. The number of carbonyl (C=O) groups is 3. The Bertz CT molecular complexity index is 1160. The van der Waals surface area contributed by atoms with Gasteiger partial charge in [0.05, 0.1) is 22.5 Å². The molecular weight excluding hydrogens is 437 g/mol. The van der Waals surface area contributed by atoms with Gasteiger partial charge in [0.25, 0.3) is 0 Å². The highest BCUT2D eigenvalue weighted by Gasteiger charge is 2.24. The number of thiophene rings is 1. The summed E-state index contributed by atoms with van der Waals surface area (Å²) in [4.78, 5) is 39.8. The molecule has 0 aliphatic carbocycles. The molecule has 0 radical (unpaired) electrons. The van der Waals surface area contributed by atoms with Gasteiger partial charge in [-0.3, -0.25) is 9.59 Å². The van der Waals surface area contributed by atoms with Crippen LogP contribution in [0.15, 0.2) is 12.1 Å². The van der Waals surface area contributed by atoms with E-state index in [0.717, 1.165) is 11.3 Å². The Labute approximate surface area is 180 Å². The van der Waals surface area contributed by atoms with Crippen molar-refractivity contribution in [1.29, 1.82) is 0 Å². The zero-order valence-electron chi connectivity index (χ0n) is 16.1. The summed E-state index contributed by atoms with van der Waals surface area (Å²) in [5.41, 5.74) is 1.85. The van der Waals surface area contributed by atoms with Crippen LogP contribution in [0.2, 0.25) is 10.0 Å². The summed E-state index contributed by atoms with van der Waals surface area (Å²) in [7, 11) is 1.49. The molecule has 0 saturated heterocycles. The Morgan fingerprint density at radius 3 is 2.41 bits per heavy atom. The molecule has 0 atom stereocenters. The van der Waals surface area contributed by atoms with E-state index in [1.54, 1.807) is 26.0 Å². The standard InChI is InChI=1S/C20H17Cl2NO5S/c1-8-14(10(3)24)9(2)23-17(8)12(25)7-28-20(26)19-15(21)11-5-6-13(27-4)16(22)18(11)29-19/h5-6,23H,7H2,1-4H3. The first kappa shape index (κ1) is 21.4. The van der Waals surface area contributed by atoms with Gasteiger partial charge < -0.3 is 14.5 Å². The number of aromatic amines is 1. The number of methoxy groups -OCH3 is 1. The molecular formula is C20H17Cl2NO5S. The van der Waals surface area contributed by atoms with Gasteiger partial charge in [-0.2, -0.15) is 0 Å². The van der Waals surface area contributed by atoms with Crippen LogP contribution in [0, 0.1) is 13.8 Å². The molecule has 6 nitrogen and oxygen atoms in total. The number of aromatic nitrogens is 1. The van der Waals surface area contributed by atoms with Gasteiger partial charge in [0, 0.05) is 16.6 Å². The lowest BCUT2D eigenvalue weighted by molar-refractivity contribution is 0.0478. The second-order valence-electron chi connectivity index (χ2n) is 6.38. The fourth-order valence-corrected chi connectivity index (χ4v) is 4.97. The summed E-state index contributed by atoms with van der Waals surface area (Å²) in [5, 5.41) is 1.15. The molecule has 1 aromatic carbocycles. The molecule has 0 fully saturated rings. The molecule has 2 aromatic heterocycles. The lowest BCUT2D eigenvalue weighted by Gasteiger charge is -2.03. The van der Waals surface area contributed by atoms with E-state index in [1.165, 1.54) is 14.0 Å². The highest BCUT2D eigenvalue weighted by molar-refractivity contribution is 7.22. The van der Waals surface area contributed by atoms with Crippen molar-refractivity contribution in [3.05, 3.63) is 49.6 Å². The van der Waals surface area contributed by atoms with Crippen LogP contribution in [0.3, 0.4) is 0 Å². The number of hydrogen-bond donors (Lipinski definition) is 1. The monoisotopic (exact) mass is 453 g/mol. The smallest absolute Gasteiger partial charge is 0.350 e. The topological polar surface area (TPSA) is 85.5 Å². The van der Waals surface area contributed by atoms with E-state index >= 15 is 0 Å². The minimum absolute atomic E-state index is 0.142. The number of carbonyl (C=O) groups excluding carboxylic acids is 3. The summed E-state index contributed by atoms with van der Waals surface area (Å²) in [6, 6.07) is 3.36. The number of aryl methyl sites for hydroxylation is 1. The Balaban J connectivity index is 1.82. The molecule has 9 heteroatoms. The number of ketones is 2. The van der Waals surface area contributed by atoms with Gasteiger partial charge in [-0.15, -0.1) is 11.3 Å². The van der Waals surface area contributed by atoms with Crippen molar-refractivity contribution < 1.29 is 23.9 Å². The van der Waals surface area contributed by atoms with E-state index in [-0.39, 0.29) is 21.4 Å². The summed E-state index contributed by atoms with van der Waals surface area (Å²) < 4.78 is 10.9. The number of H-pyrrole nitrogens is 1. The number of halogens is 2. The van der Waals surface area contributed by atoms with Gasteiger partial charge in [0.15, 0.2) is 12.4 Å². The lowest BCUT2D eigenvalue weighted by atomic mass is 10.1. The van der Waals surface area contributed by atoms with E-state index in [2.05, 4.69) is 4.98 Å². The predicted octanol–water partition coefficient (Wildman–Crippen LogP) is 5.40. The number of fused-ring (bicyclic) bond motifs is 1. The normalized spacial score (nSPS) is 11.0. The van der Waals surface area contributed by atoms with Gasteiger partial charge in [-0.05, 0) is 38.5 Å². The Hall–Kier alpha value is -2.35. The number of benzene rings is 1. The van der Waals surface area contributed by atoms with Crippen LogP contribution in [0.1, 0.15) is 48.7 Å².